The van der Waals surface area contributed by atoms with Crippen molar-refractivity contribution in [1.29, 1.82) is 0 Å². The Morgan fingerprint density at radius 3 is 2.52 bits per heavy atom. The van der Waals surface area contributed by atoms with Crippen molar-refractivity contribution in [3.05, 3.63) is 103 Å². The maximum Gasteiger partial charge on any atom is 0.338 e. The van der Waals surface area contributed by atoms with Gasteiger partial charge in [-0.25, -0.2) is 9.79 Å². The summed E-state index contributed by atoms with van der Waals surface area (Å²) in [7, 11) is 1.61. The molecule has 0 N–H and O–H groups in total. The van der Waals surface area contributed by atoms with Crippen molar-refractivity contribution in [3.8, 4) is 5.75 Å². The van der Waals surface area contributed by atoms with Gasteiger partial charge in [-0.1, -0.05) is 66.0 Å². The minimum Gasteiger partial charge on any atom is -0.497 e. The van der Waals surface area contributed by atoms with Crippen molar-refractivity contribution >= 4 is 29.5 Å². The molecule has 0 aliphatic carbocycles. The summed E-state index contributed by atoms with van der Waals surface area (Å²) in [5, 5.41) is 0. The molecule has 4 rings (SSSR count). The Labute approximate surface area is 195 Å². The molecule has 3 aromatic rings. The third kappa shape index (κ3) is 4.73. The first-order chi connectivity index (χ1) is 16.0. The van der Waals surface area contributed by atoms with E-state index in [4.69, 9.17) is 9.47 Å². The first kappa shape index (κ1) is 22.5. The maximum absolute atomic E-state index is 13.4. The normalized spacial score (nSPS) is 16.0. The predicted octanol–water partition coefficient (Wildman–Crippen LogP) is 3.47. The Morgan fingerprint density at radius 2 is 1.85 bits per heavy atom. The summed E-state index contributed by atoms with van der Waals surface area (Å²) in [5.41, 5.74) is 2.56. The van der Waals surface area contributed by atoms with Gasteiger partial charge in [-0.15, -0.1) is 0 Å². The zero-order valence-electron chi connectivity index (χ0n) is 18.6. The van der Waals surface area contributed by atoms with Gasteiger partial charge in [-0.05, 0) is 43.2 Å². The number of allylic oxidation sites excluding steroid dienone is 2. The molecule has 168 valence electrons. The maximum atomic E-state index is 13.4. The van der Waals surface area contributed by atoms with Gasteiger partial charge in [0.2, 0.25) is 0 Å². The van der Waals surface area contributed by atoms with Crippen LogP contribution in [0, 0.1) is 0 Å². The van der Waals surface area contributed by atoms with E-state index < -0.39 is 12.0 Å². The van der Waals surface area contributed by atoms with Gasteiger partial charge in [0, 0.05) is 0 Å². The molecule has 0 amide bonds. The average molecular weight is 461 g/mol. The largest absolute Gasteiger partial charge is 0.497 e. The van der Waals surface area contributed by atoms with Crippen molar-refractivity contribution in [2.24, 2.45) is 4.99 Å². The number of carbonyl (C=O) groups is 1. The van der Waals surface area contributed by atoms with Gasteiger partial charge in [-0.2, -0.15) is 0 Å². The summed E-state index contributed by atoms with van der Waals surface area (Å²) in [4.78, 5) is 31.4. The Bertz CT molecular complexity index is 1400. The van der Waals surface area contributed by atoms with Crippen molar-refractivity contribution < 1.29 is 14.3 Å². The fraction of sp³-hybridized carbons (Fsp3) is 0.192. The highest BCUT2D eigenvalue weighted by Crippen LogP contribution is 2.26. The van der Waals surface area contributed by atoms with E-state index in [1.807, 2.05) is 72.8 Å². The smallest absolute Gasteiger partial charge is 0.338 e. The van der Waals surface area contributed by atoms with Crippen LogP contribution < -0.4 is 19.6 Å². The molecule has 1 atom stereocenters. The van der Waals surface area contributed by atoms with E-state index in [9.17, 15) is 9.59 Å². The average Bonchev–Trinajstić information content (AvgIpc) is 3.13. The minimum atomic E-state index is -0.612. The first-order valence-corrected chi connectivity index (χ1v) is 11.4. The monoisotopic (exact) mass is 460 g/mol. The Balaban J connectivity index is 1.84. The number of hydrogen-bond donors (Lipinski definition) is 0. The fourth-order valence-electron chi connectivity index (χ4n) is 3.63. The lowest BCUT2D eigenvalue weighted by Gasteiger charge is -2.21. The zero-order chi connectivity index (χ0) is 23.4. The lowest BCUT2D eigenvalue weighted by Crippen LogP contribution is -2.38. The van der Waals surface area contributed by atoms with Gasteiger partial charge >= 0.3 is 5.97 Å². The second kappa shape index (κ2) is 9.83. The van der Waals surface area contributed by atoms with Crippen LogP contribution in [0.15, 0.2) is 81.7 Å². The van der Waals surface area contributed by atoms with Gasteiger partial charge in [0.05, 0.1) is 35.6 Å². The predicted molar refractivity (Wildman–Crippen MR) is 130 cm³/mol. The fourth-order valence-corrected chi connectivity index (χ4v) is 4.69. The number of methoxy groups -OCH3 is 1. The summed E-state index contributed by atoms with van der Waals surface area (Å²) in [6.07, 6.45) is 5.59. The number of thiazole rings is 1. The number of benzene rings is 2. The van der Waals surface area contributed by atoms with E-state index in [1.165, 1.54) is 11.3 Å². The molecule has 1 aromatic heterocycles. The van der Waals surface area contributed by atoms with Crippen LogP contribution in [0.3, 0.4) is 0 Å². The number of ether oxygens (including phenoxy) is 2. The summed E-state index contributed by atoms with van der Waals surface area (Å²) in [6.45, 7) is 3.77. The molecule has 0 bridgehead atoms. The molecular weight excluding hydrogens is 436 g/mol. The number of aromatic nitrogens is 1. The van der Waals surface area contributed by atoms with Crippen LogP contribution in [-0.2, 0) is 9.53 Å². The molecule has 0 radical (unpaired) electrons. The molecule has 0 unspecified atom stereocenters. The second-order valence-corrected chi connectivity index (χ2v) is 8.40. The lowest BCUT2D eigenvalue weighted by atomic mass is 10.0. The molecule has 2 heterocycles. The number of esters is 1. The molecule has 7 heteroatoms. The van der Waals surface area contributed by atoms with Crippen LogP contribution in [0.5, 0.6) is 5.75 Å². The van der Waals surface area contributed by atoms with Crippen molar-refractivity contribution in [2.45, 2.75) is 19.9 Å². The number of nitrogens with zero attached hydrogens (tertiary/aromatic N) is 2. The number of rotatable bonds is 6. The summed E-state index contributed by atoms with van der Waals surface area (Å²) in [5.74, 6) is 0.278. The van der Waals surface area contributed by atoms with Gasteiger partial charge in [0.25, 0.3) is 5.56 Å². The molecule has 0 spiro atoms. The van der Waals surface area contributed by atoms with E-state index in [0.29, 0.717) is 20.6 Å². The topological polar surface area (TPSA) is 69.9 Å². The highest BCUT2D eigenvalue weighted by Gasteiger charge is 2.30. The molecule has 2 aromatic carbocycles. The lowest BCUT2D eigenvalue weighted by molar-refractivity contribution is -0.139. The third-order valence-electron chi connectivity index (χ3n) is 5.24. The SMILES string of the molecule is CCOC(=O)C1=C(C)N=c2s/c(=C\c3ccc(OC)cc3)c(=O)n2[C@@H]1/C=C/c1ccccc1. The highest BCUT2D eigenvalue weighted by molar-refractivity contribution is 7.07. The van der Waals surface area contributed by atoms with E-state index in [1.54, 1.807) is 25.5 Å². The molecule has 1 aliphatic rings. The van der Waals surface area contributed by atoms with Gasteiger partial charge in [0.15, 0.2) is 4.80 Å². The van der Waals surface area contributed by atoms with Crippen molar-refractivity contribution in [2.75, 3.05) is 13.7 Å². The van der Waals surface area contributed by atoms with E-state index >= 15 is 0 Å². The van der Waals surface area contributed by atoms with Crippen LogP contribution in [0.4, 0.5) is 0 Å². The van der Waals surface area contributed by atoms with Crippen LogP contribution in [0.1, 0.15) is 31.0 Å². The number of fused-ring (bicyclic) bond motifs is 1. The van der Waals surface area contributed by atoms with Crippen LogP contribution >= 0.6 is 11.3 Å². The van der Waals surface area contributed by atoms with Crippen LogP contribution in [-0.4, -0.2) is 24.3 Å². The molecule has 0 saturated carbocycles. The van der Waals surface area contributed by atoms with Crippen molar-refractivity contribution in [3.63, 3.8) is 0 Å². The first-order valence-electron chi connectivity index (χ1n) is 10.6. The summed E-state index contributed by atoms with van der Waals surface area (Å²) >= 11 is 1.30. The standard InChI is InChI=1S/C26H24N2O4S/c1-4-32-25(30)23-17(2)27-26-28(21(23)15-12-18-8-6-5-7-9-18)24(29)22(33-26)16-19-10-13-20(31-3)14-11-19/h5-16,21H,4H2,1-3H3/b15-12+,22-16-/t21-/m1/s1. The Kier molecular flexibility index (Phi) is 6.70. The van der Waals surface area contributed by atoms with E-state index in [0.717, 1.165) is 16.9 Å². The molecule has 33 heavy (non-hydrogen) atoms. The molecule has 6 nitrogen and oxygen atoms in total. The quantitative estimate of drug-likeness (QED) is 0.528. The zero-order valence-corrected chi connectivity index (χ0v) is 19.5. The van der Waals surface area contributed by atoms with Crippen LogP contribution in [0.25, 0.3) is 12.2 Å². The second-order valence-electron chi connectivity index (χ2n) is 7.39. The molecule has 0 fully saturated rings. The van der Waals surface area contributed by atoms with Crippen molar-refractivity contribution in [1.82, 2.24) is 4.57 Å². The van der Waals surface area contributed by atoms with E-state index in [-0.39, 0.29) is 12.2 Å². The summed E-state index contributed by atoms with van der Waals surface area (Å²) in [6, 6.07) is 16.6. The van der Waals surface area contributed by atoms with Gasteiger partial charge in [0.1, 0.15) is 5.75 Å². The van der Waals surface area contributed by atoms with E-state index in [2.05, 4.69) is 4.99 Å². The summed E-state index contributed by atoms with van der Waals surface area (Å²) < 4.78 is 12.6. The minimum absolute atomic E-state index is 0.202. The number of hydrogen-bond acceptors (Lipinski definition) is 6. The third-order valence-corrected chi connectivity index (χ3v) is 6.23. The van der Waals surface area contributed by atoms with Gasteiger partial charge < -0.3 is 9.47 Å². The van der Waals surface area contributed by atoms with Gasteiger partial charge in [-0.3, -0.25) is 9.36 Å². The van der Waals surface area contributed by atoms with Crippen LogP contribution in [0.2, 0.25) is 0 Å². The molecule has 1 aliphatic heterocycles. The Morgan fingerprint density at radius 1 is 1.12 bits per heavy atom. The number of carbonyl (C=O) groups excluding carboxylic acids is 1. The Hall–Kier alpha value is -3.71. The highest BCUT2D eigenvalue weighted by atomic mass is 32.1. The molecule has 0 saturated heterocycles. The molecular formula is C26H24N2O4S.